The van der Waals surface area contributed by atoms with Crippen LogP contribution in [0.15, 0.2) is 45.7 Å². The van der Waals surface area contributed by atoms with E-state index in [0.29, 0.717) is 21.4 Å². The predicted octanol–water partition coefficient (Wildman–Crippen LogP) is 2.99. The molecule has 0 aliphatic carbocycles. The SMILES string of the molecule is Cc1ccc(-c2ccc(/C=C3/SC(=S)N(CCCC(=O)[O-])C3=O)o2)cc1. The number of aliphatic carboxylic acids is 1. The molecule has 0 bridgehead atoms. The number of thiocarbonyl (C=S) groups is 1. The number of thioether (sulfide) groups is 1. The maximum atomic E-state index is 12.5. The Hall–Kier alpha value is -2.38. The topological polar surface area (TPSA) is 73.6 Å². The molecule has 5 nitrogen and oxygen atoms in total. The first kappa shape index (κ1) is 18.4. The van der Waals surface area contributed by atoms with E-state index in [-0.39, 0.29) is 18.9 Å². The van der Waals surface area contributed by atoms with Crippen LogP contribution in [0.1, 0.15) is 24.2 Å². The van der Waals surface area contributed by atoms with Crippen LogP contribution < -0.4 is 5.11 Å². The van der Waals surface area contributed by atoms with Gasteiger partial charge in [-0.05, 0) is 31.9 Å². The highest BCUT2D eigenvalue weighted by Crippen LogP contribution is 2.33. The Morgan fingerprint density at radius 1 is 1.27 bits per heavy atom. The first-order valence-corrected chi connectivity index (χ1v) is 9.28. The Labute approximate surface area is 160 Å². The van der Waals surface area contributed by atoms with Crippen LogP contribution in [0.4, 0.5) is 0 Å². The van der Waals surface area contributed by atoms with Crippen molar-refractivity contribution < 1.29 is 19.1 Å². The Balaban J connectivity index is 1.72. The first-order valence-electron chi connectivity index (χ1n) is 8.06. The first-order chi connectivity index (χ1) is 12.4. The summed E-state index contributed by atoms with van der Waals surface area (Å²) in [6.45, 7) is 2.29. The third-order valence-electron chi connectivity index (χ3n) is 3.87. The molecular formula is C19H16NO4S2-. The largest absolute Gasteiger partial charge is 0.550 e. The molecule has 1 saturated heterocycles. The van der Waals surface area contributed by atoms with Crippen LogP contribution >= 0.6 is 24.0 Å². The summed E-state index contributed by atoms with van der Waals surface area (Å²) in [4.78, 5) is 24.8. The maximum Gasteiger partial charge on any atom is 0.266 e. The van der Waals surface area contributed by atoms with Gasteiger partial charge in [0.15, 0.2) is 0 Å². The standard InChI is InChI=1S/C19H17NO4S2/c1-12-4-6-13(7-5-12)15-9-8-14(24-15)11-16-18(23)20(19(25)26-16)10-2-3-17(21)22/h4-9,11H,2-3,10H2,1H3,(H,21,22)/p-1/b16-11+. The second-order valence-corrected chi connectivity index (χ2v) is 7.55. The molecule has 1 aromatic heterocycles. The van der Waals surface area contributed by atoms with Crippen molar-refractivity contribution in [2.45, 2.75) is 19.8 Å². The number of nitrogens with zero attached hydrogens (tertiary/aromatic N) is 1. The van der Waals surface area contributed by atoms with Crippen molar-refractivity contribution in [3.8, 4) is 11.3 Å². The maximum absolute atomic E-state index is 12.5. The number of carboxylic acid groups (broad SMARTS) is 1. The zero-order valence-corrected chi connectivity index (χ0v) is 15.7. The van der Waals surface area contributed by atoms with Crippen molar-refractivity contribution in [2.24, 2.45) is 0 Å². The number of amides is 1. The molecule has 134 valence electrons. The number of aryl methyl sites for hydroxylation is 1. The minimum Gasteiger partial charge on any atom is -0.550 e. The van der Waals surface area contributed by atoms with Crippen LogP contribution in [0.2, 0.25) is 0 Å². The van der Waals surface area contributed by atoms with Crippen molar-refractivity contribution in [1.29, 1.82) is 0 Å². The zero-order chi connectivity index (χ0) is 18.7. The fourth-order valence-corrected chi connectivity index (χ4v) is 3.80. The Kier molecular flexibility index (Phi) is 5.58. The van der Waals surface area contributed by atoms with Crippen LogP contribution in [0, 0.1) is 6.92 Å². The van der Waals surface area contributed by atoms with Crippen LogP contribution in [0.3, 0.4) is 0 Å². The molecule has 1 amide bonds. The van der Waals surface area contributed by atoms with Gasteiger partial charge in [0.05, 0.1) is 4.91 Å². The van der Waals surface area contributed by atoms with Gasteiger partial charge in [0.2, 0.25) is 0 Å². The number of carbonyl (C=O) groups is 2. The zero-order valence-electron chi connectivity index (χ0n) is 14.1. The smallest absolute Gasteiger partial charge is 0.266 e. The molecule has 1 aliphatic rings. The van der Waals surface area contributed by atoms with E-state index in [1.807, 2.05) is 37.3 Å². The van der Waals surface area contributed by atoms with Crippen LogP contribution in [-0.4, -0.2) is 27.6 Å². The molecule has 0 N–H and O–H groups in total. The van der Waals surface area contributed by atoms with Gasteiger partial charge in [0.25, 0.3) is 5.91 Å². The average molecular weight is 386 g/mol. The molecule has 3 rings (SSSR count). The van der Waals surface area contributed by atoms with Gasteiger partial charge in [-0.15, -0.1) is 0 Å². The third kappa shape index (κ3) is 4.23. The van der Waals surface area contributed by atoms with E-state index in [1.165, 1.54) is 22.2 Å². The van der Waals surface area contributed by atoms with E-state index >= 15 is 0 Å². The third-order valence-corrected chi connectivity index (χ3v) is 5.25. The minimum absolute atomic E-state index is 0.103. The van der Waals surface area contributed by atoms with E-state index in [1.54, 1.807) is 12.1 Å². The van der Waals surface area contributed by atoms with Gasteiger partial charge in [-0.3, -0.25) is 9.69 Å². The lowest BCUT2D eigenvalue weighted by Crippen LogP contribution is -2.30. The van der Waals surface area contributed by atoms with E-state index in [0.717, 1.165) is 11.3 Å². The Morgan fingerprint density at radius 3 is 2.69 bits per heavy atom. The lowest BCUT2D eigenvalue weighted by Gasteiger charge is -2.14. The highest BCUT2D eigenvalue weighted by molar-refractivity contribution is 8.26. The van der Waals surface area contributed by atoms with E-state index < -0.39 is 5.97 Å². The lowest BCUT2D eigenvalue weighted by atomic mass is 10.1. The lowest BCUT2D eigenvalue weighted by molar-refractivity contribution is -0.305. The molecule has 1 fully saturated rings. The van der Waals surface area contributed by atoms with Gasteiger partial charge in [-0.2, -0.15) is 0 Å². The number of furan rings is 1. The van der Waals surface area contributed by atoms with Crippen molar-refractivity contribution in [1.82, 2.24) is 4.90 Å². The van der Waals surface area contributed by atoms with Gasteiger partial charge >= 0.3 is 0 Å². The number of hydrogen-bond donors (Lipinski definition) is 0. The van der Waals surface area contributed by atoms with Crippen molar-refractivity contribution in [3.05, 3.63) is 52.6 Å². The summed E-state index contributed by atoms with van der Waals surface area (Å²) in [5.74, 6) is -0.0756. The molecule has 1 aliphatic heterocycles. The molecule has 2 heterocycles. The average Bonchev–Trinajstić information content (AvgIpc) is 3.15. The van der Waals surface area contributed by atoms with Gasteiger partial charge in [0, 0.05) is 24.2 Å². The van der Waals surface area contributed by atoms with Crippen LogP contribution in [-0.2, 0) is 9.59 Å². The molecule has 0 unspecified atom stereocenters. The summed E-state index contributed by atoms with van der Waals surface area (Å²) in [5, 5.41) is 10.5. The number of carboxylic acids is 1. The van der Waals surface area contributed by atoms with E-state index in [9.17, 15) is 14.7 Å². The second kappa shape index (κ2) is 7.88. The molecule has 7 heteroatoms. The monoisotopic (exact) mass is 386 g/mol. The number of hydrogen-bond acceptors (Lipinski definition) is 6. The highest BCUT2D eigenvalue weighted by Gasteiger charge is 2.31. The summed E-state index contributed by atoms with van der Waals surface area (Å²) in [5.41, 5.74) is 2.13. The van der Waals surface area contributed by atoms with Gasteiger partial charge < -0.3 is 14.3 Å². The summed E-state index contributed by atoms with van der Waals surface area (Å²) in [7, 11) is 0. The number of carbonyl (C=O) groups excluding carboxylic acids is 2. The fraction of sp³-hybridized carbons (Fsp3) is 0.211. The molecule has 0 radical (unpaired) electrons. The molecule has 0 saturated carbocycles. The van der Waals surface area contributed by atoms with Crippen molar-refractivity contribution in [3.63, 3.8) is 0 Å². The predicted molar refractivity (Wildman–Crippen MR) is 103 cm³/mol. The van der Waals surface area contributed by atoms with Crippen LogP contribution in [0.25, 0.3) is 17.4 Å². The second-order valence-electron chi connectivity index (χ2n) is 5.88. The summed E-state index contributed by atoms with van der Waals surface area (Å²) >= 11 is 6.41. The van der Waals surface area contributed by atoms with Gasteiger partial charge in [-0.25, -0.2) is 0 Å². The normalized spacial score (nSPS) is 15.9. The summed E-state index contributed by atoms with van der Waals surface area (Å²) < 4.78 is 6.23. The minimum atomic E-state index is -1.13. The molecule has 0 atom stereocenters. The van der Waals surface area contributed by atoms with Crippen molar-refractivity contribution >= 4 is 46.3 Å². The fourth-order valence-electron chi connectivity index (χ4n) is 2.51. The molecular weight excluding hydrogens is 370 g/mol. The molecule has 1 aromatic carbocycles. The Bertz CT molecular complexity index is 883. The van der Waals surface area contributed by atoms with Crippen molar-refractivity contribution in [2.75, 3.05) is 6.54 Å². The van der Waals surface area contributed by atoms with E-state index in [2.05, 4.69) is 0 Å². The van der Waals surface area contributed by atoms with E-state index in [4.69, 9.17) is 16.6 Å². The number of rotatable bonds is 6. The van der Waals surface area contributed by atoms with Crippen LogP contribution in [0.5, 0.6) is 0 Å². The number of benzene rings is 1. The Morgan fingerprint density at radius 2 is 2.00 bits per heavy atom. The summed E-state index contributed by atoms with van der Waals surface area (Å²) in [6.07, 6.45) is 1.87. The van der Waals surface area contributed by atoms with Gasteiger partial charge in [-0.1, -0.05) is 53.8 Å². The molecule has 26 heavy (non-hydrogen) atoms. The van der Waals surface area contributed by atoms with Gasteiger partial charge in [0.1, 0.15) is 15.8 Å². The quantitative estimate of drug-likeness (QED) is 0.561. The molecule has 2 aromatic rings. The highest BCUT2D eigenvalue weighted by atomic mass is 32.2. The molecule has 0 spiro atoms. The summed E-state index contributed by atoms with van der Waals surface area (Å²) in [6, 6.07) is 11.6.